The van der Waals surface area contributed by atoms with Gasteiger partial charge in [-0.2, -0.15) is 0 Å². The second kappa shape index (κ2) is 10.3. The summed E-state index contributed by atoms with van der Waals surface area (Å²) in [5.41, 5.74) is 3.10. The van der Waals surface area contributed by atoms with Crippen LogP contribution in [0.15, 0.2) is 79.1 Å². The van der Waals surface area contributed by atoms with Crippen molar-refractivity contribution in [1.29, 1.82) is 0 Å². The third-order valence-corrected chi connectivity index (χ3v) is 4.62. The molecule has 0 spiro atoms. The van der Waals surface area contributed by atoms with Gasteiger partial charge in [0.1, 0.15) is 5.75 Å². The van der Waals surface area contributed by atoms with Crippen molar-refractivity contribution in [2.45, 2.75) is 26.4 Å². The fourth-order valence-electron chi connectivity index (χ4n) is 3.15. The molecule has 1 heterocycles. The summed E-state index contributed by atoms with van der Waals surface area (Å²) in [6, 6.07) is 21.6. The Balaban J connectivity index is 1.66. The molecule has 29 heavy (non-hydrogen) atoms. The molecule has 5 heteroatoms. The Morgan fingerprint density at radius 3 is 2.48 bits per heavy atom. The number of nitrogens with one attached hydrogen (secondary N) is 1. The Kier molecular flexibility index (Phi) is 7.22. The van der Waals surface area contributed by atoms with Crippen LogP contribution in [0.5, 0.6) is 5.75 Å². The standard InChI is InChI=1S/C24H27N3O2/c1-3-29-23-13-11-21(12-14-23)19(2)26-24(28)18-27(22-9-5-4-6-10-22)17-20-8-7-15-25-16-20/h4-16,19H,3,17-18H2,1-2H3,(H,26,28). The van der Waals surface area contributed by atoms with E-state index in [1.54, 1.807) is 6.20 Å². The number of rotatable bonds is 9. The molecule has 0 radical (unpaired) electrons. The Labute approximate surface area is 172 Å². The number of carbonyl (C=O) groups is 1. The number of hydrogen-bond donors (Lipinski definition) is 1. The van der Waals surface area contributed by atoms with E-state index < -0.39 is 0 Å². The zero-order valence-electron chi connectivity index (χ0n) is 16.9. The van der Waals surface area contributed by atoms with Gasteiger partial charge in [0.2, 0.25) is 5.91 Å². The number of ether oxygens (including phenoxy) is 1. The third kappa shape index (κ3) is 6.07. The van der Waals surface area contributed by atoms with Crippen LogP contribution in [0.25, 0.3) is 0 Å². The van der Waals surface area contributed by atoms with E-state index >= 15 is 0 Å². The van der Waals surface area contributed by atoms with Crippen molar-refractivity contribution in [3.8, 4) is 5.75 Å². The molecule has 1 atom stereocenters. The number of carbonyl (C=O) groups excluding carboxylic acids is 1. The predicted octanol–water partition coefficient (Wildman–Crippen LogP) is 4.36. The van der Waals surface area contributed by atoms with E-state index in [-0.39, 0.29) is 18.5 Å². The van der Waals surface area contributed by atoms with Gasteiger partial charge in [-0.15, -0.1) is 0 Å². The summed E-state index contributed by atoms with van der Waals surface area (Å²) in [6.07, 6.45) is 3.58. The van der Waals surface area contributed by atoms with Crippen LogP contribution in [0.1, 0.15) is 31.0 Å². The highest BCUT2D eigenvalue weighted by molar-refractivity contribution is 5.81. The average Bonchev–Trinajstić information content (AvgIpc) is 2.75. The molecule has 1 N–H and O–H groups in total. The highest BCUT2D eigenvalue weighted by atomic mass is 16.5. The normalized spacial score (nSPS) is 11.5. The van der Waals surface area contributed by atoms with Gasteiger partial charge in [0.15, 0.2) is 0 Å². The van der Waals surface area contributed by atoms with Crippen LogP contribution in [0.4, 0.5) is 5.69 Å². The lowest BCUT2D eigenvalue weighted by atomic mass is 10.1. The van der Waals surface area contributed by atoms with Gasteiger partial charge in [-0.05, 0) is 55.3 Å². The maximum Gasteiger partial charge on any atom is 0.240 e. The van der Waals surface area contributed by atoms with Gasteiger partial charge in [-0.1, -0.05) is 36.4 Å². The van der Waals surface area contributed by atoms with Gasteiger partial charge < -0.3 is 15.0 Å². The number of amides is 1. The second-order valence-corrected chi connectivity index (χ2v) is 6.84. The zero-order valence-corrected chi connectivity index (χ0v) is 16.9. The van der Waals surface area contributed by atoms with E-state index in [2.05, 4.69) is 15.2 Å². The van der Waals surface area contributed by atoms with E-state index in [9.17, 15) is 4.79 Å². The first-order chi connectivity index (χ1) is 14.2. The first-order valence-electron chi connectivity index (χ1n) is 9.86. The number of hydrogen-bond acceptors (Lipinski definition) is 4. The molecule has 0 aliphatic heterocycles. The van der Waals surface area contributed by atoms with Crippen LogP contribution < -0.4 is 15.0 Å². The van der Waals surface area contributed by atoms with Crippen molar-refractivity contribution >= 4 is 11.6 Å². The van der Waals surface area contributed by atoms with Gasteiger partial charge in [-0.25, -0.2) is 0 Å². The van der Waals surface area contributed by atoms with Crippen LogP contribution in [0, 0.1) is 0 Å². The van der Waals surface area contributed by atoms with Gasteiger partial charge in [-0.3, -0.25) is 9.78 Å². The Bertz CT molecular complexity index is 883. The molecule has 0 fully saturated rings. The maximum atomic E-state index is 12.8. The van der Waals surface area contributed by atoms with Crippen molar-refractivity contribution in [3.05, 3.63) is 90.3 Å². The highest BCUT2D eigenvalue weighted by Gasteiger charge is 2.15. The molecule has 2 aromatic carbocycles. The van der Waals surface area contributed by atoms with Crippen LogP contribution in [0.3, 0.4) is 0 Å². The molecular formula is C24H27N3O2. The Morgan fingerprint density at radius 1 is 1.07 bits per heavy atom. The number of benzene rings is 2. The quantitative estimate of drug-likeness (QED) is 0.591. The molecule has 1 amide bonds. The molecule has 1 aromatic heterocycles. The fourth-order valence-corrected chi connectivity index (χ4v) is 3.15. The van der Waals surface area contributed by atoms with Gasteiger partial charge in [0.05, 0.1) is 19.2 Å². The molecular weight excluding hydrogens is 362 g/mol. The summed E-state index contributed by atoms with van der Waals surface area (Å²) in [7, 11) is 0. The van der Waals surface area contributed by atoms with E-state index in [4.69, 9.17) is 4.74 Å². The van der Waals surface area contributed by atoms with Crippen molar-refractivity contribution in [1.82, 2.24) is 10.3 Å². The molecule has 3 aromatic rings. The predicted molar refractivity (Wildman–Crippen MR) is 116 cm³/mol. The lowest BCUT2D eigenvalue weighted by Crippen LogP contribution is -2.38. The summed E-state index contributed by atoms with van der Waals surface area (Å²) in [5.74, 6) is 0.806. The summed E-state index contributed by atoms with van der Waals surface area (Å²) < 4.78 is 5.48. The van der Waals surface area contributed by atoms with E-state index in [0.717, 1.165) is 22.6 Å². The maximum absolute atomic E-state index is 12.8. The number of nitrogens with zero attached hydrogens (tertiary/aromatic N) is 2. The molecule has 0 aliphatic carbocycles. The SMILES string of the molecule is CCOc1ccc(C(C)NC(=O)CN(Cc2cccnc2)c2ccccc2)cc1. The van der Waals surface area contributed by atoms with Gasteiger partial charge >= 0.3 is 0 Å². The topological polar surface area (TPSA) is 54.5 Å². The van der Waals surface area contributed by atoms with Crippen molar-refractivity contribution in [2.24, 2.45) is 0 Å². The van der Waals surface area contributed by atoms with Crippen molar-refractivity contribution < 1.29 is 9.53 Å². The smallest absolute Gasteiger partial charge is 0.240 e. The number of pyridine rings is 1. The third-order valence-electron chi connectivity index (χ3n) is 4.62. The fraction of sp³-hybridized carbons (Fsp3) is 0.250. The molecule has 1 unspecified atom stereocenters. The minimum atomic E-state index is -0.0887. The Hall–Kier alpha value is -3.34. The highest BCUT2D eigenvalue weighted by Crippen LogP contribution is 2.19. The van der Waals surface area contributed by atoms with Crippen molar-refractivity contribution in [2.75, 3.05) is 18.1 Å². The summed E-state index contributed by atoms with van der Waals surface area (Å²) in [6.45, 7) is 5.46. The minimum absolute atomic E-state index is 0.0286. The number of para-hydroxylation sites is 1. The molecule has 0 aliphatic rings. The van der Waals surface area contributed by atoms with Crippen LogP contribution in [0.2, 0.25) is 0 Å². The van der Waals surface area contributed by atoms with Gasteiger partial charge in [0, 0.05) is 24.6 Å². The van der Waals surface area contributed by atoms with Crippen LogP contribution in [-0.2, 0) is 11.3 Å². The molecule has 150 valence electrons. The average molecular weight is 389 g/mol. The molecule has 0 saturated carbocycles. The first-order valence-corrected chi connectivity index (χ1v) is 9.86. The van der Waals surface area contributed by atoms with Crippen LogP contribution >= 0.6 is 0 Å². The van der Waals surface area contributed by atoms with E-state index in [0.29, 0.717) is 13.2 Å². The summed E-state index contributed by atoms with van der Waals surface area (Å²) >= 11 is 0. The van der Waals surface area contributed by atoms with Crippen molar-refractivity contribution in [3.63, 3.8) is 0 Å². The van der Waals surface area contributed by atoms with Gasteiger partial charge in [0.25, 0.3) is 0 Å². The molecule has 0 bridgehead atoms. The second-order valence-electron chi connectivity index (χ2n) is 6.84. The van der Waals surface area contributed by atoms with E-state index in [1.807, 2.05) is 86.8 Å². The largest absolute Gasteiger partial charge is 0.494 e. The summed E-state index contributed by atoms with van der Waals surface area (Å²) in [5, 5.41) is 3.10. The monoisotopic (exact) mass is 389 g/mol. The molecule has 3 rings (SSSR count). The zero-order chi connectivity index (χ0) is 20.5. The van der Waals surface area contributed by atoms with Crippen LogP contribution in [-0.4, -0.2) is 24.0 Å². The summed E-state index contributed by atoms with van der Waals surface area (Å²) in [4.78, 5) is 19.0. The number of aromatic nitrogens is 1. The lowest BCUT2D eigenvalue weighted by Gasteiger charge is -2.25. The minimum Gasteiger partial charge on any atom is -0.494 e. The number of anilines is 1. The lowest BCUT2D eigenvalue weighted by molar-refractivity contribution is -0.120. The first kappa shape index (κ1) is 20.4. The molecule has 5 nitrogen and oxygen atoms in total. The Morgan fingerprint density at radius 2 is 1.83 bits per heavy atom. The van der Waals surface area contributed by atoms with E-state index in [1.165, 1.54) is 0 Å². The molecule has 0 saturated heterocycles.